The number of amides is 1. The maximum Gasteiger partial charge on any atom is 0.226 e. The lowest BCUT2D eigenvalue weighted by Gasteiger charge is -2.61. The van der Waals surface area contributed by atoms with Crippen LogP contribution in [0.3, 0.4) is 0 Å². The summed E-state index contributed by atoms with van der Waals surface area (Å²) in [5.41, 5.74) is -0.334. The number of nitrogens with zero attached hydrogens (tertiary/aromatic N) is 5. The minimum atomic E-state index is -0.269. The first-order valence-electron chi connectivity index (χ1n) is 10.9. The molecule has 7 nitrogen and oxygen atoms in total. The van der Waals surface area contributed by atoms with Crippen LogP contribution in [0, 0.1) is 22.7 Å². The molecule has 6 rings (SSSR count). The van der Waals surface area contributed by atoms with Gasteiger partial charge in [-0.05, 0) is 55.8 Å². The summed E-state index contributed by atoms with van der Waals surface area (Å²) in [5.74, 6) is 1.48. The lowest BCUT2D eigenvalue weighted by atomic mass is 9.46. The largest absolute Gasteiger partial charge is 0.351 e. The molecular formula is C22H32N6O. The zero-order chi connectivity index (χ0) is 20.3. The van der Waals surface area contributed by atoms with E-state index in [4.69, 9.17) is 0 Å². The molecule has 4 bridgehead atoms. The SMILES string of the molecule is CC(C)(C)C(Cn1ccnc1)NC(=O)C12CC3CC(C1)CC(n1cncn1)(C3)C2. The summed E-state index contributed by atoms with van der Waals surface area (Å²) < 4.78 is 4.13. The molecule has 2 aromatic rings. The first-order valence-corrected chi connectivity index (χ1v) is 10.9. The molecule has 29 heavy (non-hydrogen) atoms. The molecule has 1 amide bonds. The van der Waals surface area contributed by atoms with Crippen LogP contribution >= 0.6 is 0 Å². The van der Waals surface area contributed by atoms with Crippen molar-refractivity contribution in [3.05, 3.63) is 31.4 Å². The standard InChI is InChI=1S/C22H32N6O/c1-20(2,3)18(11-27-5-4-23-14-27)26-19(29)21-7-16-6-17(8-21)10-22(9-16,12-21)28-15-24-13-25-28/h4-5,13-18H,6-12H2,1-3H3,(H,26,29). The van der Waals surface area contributed by atoms with E-state index in [0.717, 1.165) is 38.6 Å². The molecule has 0 spiro atoms. The molecule has 0 radical (unpaired) electrons. The highest BCUT2D eigenvalue weighted by Crippen LogP contribution is 2.64. The fourth-order valence-corrected chi connectivity index (χ4v) is 6.65. The Morgan fingerprint density at radius 3 is 2.52 bits per heavy atom. The van der Waals surface area contributed by atoms with Gasteiger partial charge in [0.2, 0.25) is 5.91 Å². The topological polar surface area (TPSA) is 77.6 Å². The summed E-state index contributed by atoms with van der Waals surface area (Å²) in [5, 5.41) is 7.99. The minimum absolute atomic E-state index is 0.0283. The van der Waals surface area contributed by atoms with Gasteiger partial charge >= 0.3 is 0 Å². The predicted molar refractivity (Wildman–Crippen MR) is 109 cm³/mol. The van der Waals surface area contributed by atoms with E-state index in [2.05, 4.69) is 50.4 Å². The van der Waals surface area contributed by atoms with Crippen LogP contribution < -0.4 is 5.32 Å². The van der Waals surface area contributed by atoms with Crippen LogP contribution in [0.15, 0.2) is 31.4 Å². The van der Waals surface area contributed by atoms with Gasteiger partial charge in [-0.25, -0.2) is 14.6 Å². The Bertz CT molecular complexity index is 852. The van der Waals surface area contributed by atoms with Crippen molar-refractivity contribution in [1.82, 2.24) is 29.6 Å². The Balaban J connectivity index is 1.41. The summed E-state index contributed by atoms with van der Waals surface area (Å²) in [6.45, 7) is 7.34. The average Bonchev–Trinajstić information content (AvgIpc) is 3.33. The van der Waals surface area contributed by atoms with Crippen molar-refractivity contribution in [1.29, 1.82) is 0 Å². The van der Waals surface area contributed by atoms with Crippen LogP contribution in [-0.2, 0) is 16.9 Å². The van der Waals surface area contributed by atoms with Gasteiger partial charge in [0, 0.05) is 18.9 Å². The van der Waals surface area contributed by atoms with Gasteiger partial charge in [-0.2, -0.15) is 5.10 Å². The molecular weight excluding hydrogens is 364 g/mol. The maximum absolute atomic E-state index is 13.8. The number of hydrogen-bond donors (Lipinski definition) is 1. The summed E-state index contributed by atoms with van der Waals surface area (Å²) in [7, 11) is 0. The second-order valence-electron chi connectivity index (χ2n) is 11.0. The molecule has 0 aliphatic heterocycles. The van der Waals surface area contributed by atoms with Crippen molar-refractivity contribution in [2.75, 3.05) is 0 Å². The van der Waals surface area contributed by atoms with Gasteiger partial charge in [0.1, 0.15) is 12.7 Å². The van der Waals surface area contributed by atoms with Gasteiger partial charge in [-0.3, -0.25) is 4.79 Å². The van der Waals surface area contributed by atoms with Gasteiger partial charge in [-0.1, -0.05) is 20.8 Å². The van der Waals surface area contributed by atoms with E-state index in [1.165, 1.54) is 6.42 Å². The quantitative estimate of drug-likeness (QED) is 0.843. The number of rotatable bonds is 5. The first-order chi connectivity index (χ1) is 13.8. The van der Waals surface area contributed by atoms with E-state index in [9.17, 15) is 4.79 Å². The molecule has 3 atom stereocenters. The van der Waals surface area contributed by atoms with Crippen LogP contribution in [0.25, 0.3) is 0 Å². The van der Waals surface area contributed by atoms with E-state index < -0.39 is 0 Å². The molecule has 2 aromatic heterocycles. The molecule has 4 aliphatic rings. The summed E-state index contributed by atoms with van der Waals surface area (Å²) in [6, 6.07) is 0.0551. The van der Waals surface area contributed by atoms with Gasteiger partial charge in [-0.15, -0.1) is 0 Å². The third kappa shape index (κ3) is 3.19. The van der Waals surface area contributed by atoms with Crippen LogP contribution in [0.2, 0.25) is 0 Å². The Morgan fingerprint density at radius 1 is 1.17 bits per heavy atom. The number of aromatic nitrogens is 5. The minimum Gasteiger partial charge on any atom is -0.351 e. The molecule has 3 unspecified atom stereocenters. The average molecular weight is 397 g/mol. The number of hydrogen-bond acceptors (Lipinski definition) is 4. The van der Waals surface area contributed by atoms with E-state index >= 15 is 0 Å². The highest BCUT2D eigenvalue weighted by atomic mass is 16.2. The molecule has 4 saturated carbocycles. The van der Waals surface area contributed by atoms with Crippen molar-refractivity contribution >= 4 is 5.91 Å². The summed E-state index contributed by atoms with van der Waals surface area (Å²) in [4.78, 5) is 22.2. The first kappa shape index (κ1) is 18.8. The molecule has 1 N–H and O–H groups in total. The molecule has 7 heteroatoms. The van der Waals surface area contributed by atoms with Crippen molar-refractivity contribution < 1.29 is 4.79 Å². The van der Waals surface area contributed by atoms with Gasteiger partial charge in [0.15, 0.2) is 0 Å². The summed E-state index contributed by atoms with van der Waals surface area (Å²) >= 11 is 0. The fourth-order valence-electron chi connectivity index (χ4n) is 6.65. The smallest absolute Gasteiger partial charge is 0.226 e. The van der Waals surface area contributed by atoms with Crippen molar-refractivity contribution in [3.63, 3.8) is 0 Å². The molecule has 156 valence electrons. The van der Waals surface area contributed by atoms with Crippen LogP contribution in [0.1, 0.15) is 59.3 Å². The fraction of sp³-hybridized carbons (Fsp3) is 0.727. The van der Waals surface area contributed by atoms with Crippen LogP contribution in [0.4, 0.5) is 0 Å². The van der Waals surface area contributed by atoms with Crippen LogP contribution in [-0.4, -0.2) is 36.3 Å². The number of carbonyl (C=O) groups is 1. The van der Waals surface area contributed by atoms with E-state index in [0.29, 0.717) is 11.8 Å². The molecule has 4 fully saturated rings. The molecule has 0 aromatic carbocycles. The Hall–Kier alpha value is -2.18. The number of nitrogens with one attached hydrogen (secondary N) is 1. The van der Waals surface area contributed by atoms with Crippen molar-refractivity contribution in [3.8, 4) is 0 Å². The maximum atomic E-state index is 13.8. The Kier molecular flexibility index (Phi) is 4.16. The van der Waals surface area contributed by atoms with Gasteiger partial charge in [0.05, 0.1) is 23.3 Å². The van der Waals surface area contributed by atoms with Crippen molar-refractivity contribution in [2.24, 2.45) is 22.7 Å². The van der Waals surface area contributed by atoms with E-state index in [1.807, 2.05) is 18.9 Å². The summed E-state index contributed by atoms with van der Waals surface area (Å²) in [6.07, 6.45) is 15.6. The van der Waals surface area contributed by atoms with Crippen LogP contribution in [0.5, 0.6) is 0 Å². The second kappa shape index (κ2) is 6.41. The predicted octanol–water partition coefficient (Wildman–Crippen LogP) is 3.00. The van der Waals surface area contributed by atoms with Gasteiger partial charge in [0.25, 0.3) is 0 Å². The zero-order valence-electron chi connectivity index (χ0n) is 17.7. The Morgan fingerprint density at radius 2 is 1.93 bits per heavy atom. The lowest BCUT2D eigenvalue weighted by molar-refractivity contribution is -0.157. The van der Waals surface area contributed by atoms with E-state index in [-0.39, 0.29) is 28.3 Å². The highest BCUT2D eigenvalue weighted by molar-refractivity contribution is 5.83. The molecule has 4 aliphatic carbocycles. The lowest BCUT2D eigenvalue weighted by Crippen LogP contribution is -2.62. The second-order valence-corrected chi connectivity index (χ2v) is 11.0. The third-order valence-corrected chi connectivity index (χ3v) is 7.72. The van der Waals surface area contributed by atoms with E-state index in [1.54, 1.807) is 12.5 Å². The highest BCUT2D eigenvalue weighted by Gasteiger charge is 2.62. The Labute approximate surface area is 172 Å². The monoisotopic (exact) mass is 396 g/mol. The molecule has 2 heterocycles. The molecule has 0 saturated heterocycles. The normalized spacial score (nSPS) is 34.3. The third-order valence-electron chi connectivity index (χ3n) is 7.72. The number of carbonyl (C=O) groups excluding carboxylic acids is 1. The zero-order valence-corrected chi connectivity index (χ0v) is 17.7. The van der Waals surface area contributed by atoms with Crippen molar-refractivity contribution in [2.45, 2.75) is 77.4 Å². The van der Waals surface area contributed by atoms with Gasteiger partial charge < -0.3 is 9.88 Å². The number of imidazole rings is 1.